The second kappa shape index (κ2) is 11.7. The van der Waals surface area contributed by atoms with Crippen LogP contribution < -0.4 is 4.46 Å². The van der Waals surface area contributed by atoms with E-state index >= 15 is 0 Å². The Labute approximate surface area is 211 Å². The maximum absolute atomic E-state index is 13.4. The number of hydrogen-bond donors (Lipinski definition) is 0. The van der Waals surface area contributed by atoms with Crippen molar-refractivity contribution in [1.82, 2.24) is 4.90 Å². The first-order valence-electron chi connectivity index (χ1n) is 11.7. The Morgan fingerprint density at radius 3 is 2.32 bits per heavy atom. The van der Waals surface area contributed by atoms with Crippen molar-refractivity contribution in [3.05, 3.63) is 78.9 Å². The SMILES string of the molecule is C=CC1OC(C[Se]c2ccccc2)N(C(=O)OCc2ccccc2)[C@H]1CO[Si](C)(C)C(C)(C)C. The Morgan fingerprint density at radius 2 is 1.74 bits per heavy atom. The number of carbonyl (C=O) groups excluding carboxylic acids is 1. The average molecular weight is 547 g/mol. The predicted molar refractivity (Wildman–Crippen MR) is 141 cm³/mol. The van der Waals surface area contributed by atoms with Crippen molar-refractivity contribution >= 4 is 33.8 Å². The third kappa shape index (κ3) is 6.83. The molecule has 0 spiro atoms. The molecule has 1 fully saturated rings. The quantitative estimate of drug-likeness (QED) is 0.313. The Hall–Kier alpha value is -1.89. The van der Waals surface area contributed by atoms with Crippen LogP contribution in [0.25, 0.3) is 0 Å². The topological polar surface area (TPSA) is 48.0 Å². The molecule has 7 heteroatoms. The van der Waals surface area contributed by atoms with Crippen molar-refractivity contribution in [3.8, 4) is 0 Å². The molecule has 0 aromatic heterocycles. The van der Waals surface area contributed by atoms with Crippen LogP contribution in [0.15, 0.2) is 73.3 Å². The first-order valence-corrected chi connectivity index (χ1v) is 16.7. The van der Waals surface area contributed by atoms with Gasteiger partial charge in [-0.1, -0.05) is 0 Å². The number of benzene rings is 2. The van der Waals surface area contributed by atoms with E-state index in [0.717, 1.165) is 10.9 Å². The van der Waals surface area contributed by atoms with Crippen molar-refractivity contribution in [2.24, 2.45) is 0 Å². The van der Waals surface area contributed by atoms with Crippen molar-refractivity contribution in [3.63, 3.8) is 0 Å². The van der Waals surface area contributed by atoms with Crippen LogP contribution in [0, 0.1) is 0 Å². The second-order valence-electron chi connectivity index (χ2n) is 10.0. The van der Waals surface area contributed by atoms with Gasteiger partial charge in [-0.3, -0.25) is 0 Å². The van der Waals surface area contributed by atoms with E-state index in [1.165, 1.54) is 4.46 Å². The number of hydrogen-bond acceptors (Lipinski definition) is 4. The zero-order chi connectivity index (χ0) is 24.8. The maximum atomic E-state index is 13.4. The van der Waals surface area contributed by atoms with E-state index in [1.807, 2.05) is 48.5 Å². The van der Waals surface area contributed by atoms with Gasteiger partial charge in [0.25, 0.3) is 0 Å². The van der Waals surface area contributed by atoms with E-state index in [2.05, 4.69) is 52.6 Å². The predicted octanol–water partition coefficient (Wildman–Crippen LogP) is 5.37. The summed E-state index contributed by atoms with van der Waals surface area (Å²) in [6.45, 7) is 15.7. The average Bonchev–Trinajstić information content (AvgIpc) is 3.18. The molecule has 2 aromatic rings. The molecule has 0 saturated carbocycles. The molecule has 1 amide bonds. The van der Waals surface area contributed by atoms with Crippen LogP contribution in [0.2, 0.25) is 23.5 Å². The van der Waals surface area contributed by atoms with Crippen molar-refractivity contribution in [2.75, 3.05) is 6.61 Å². The van der Waals surface area contributed by atoms with Gasteiger partial charge in [-0.05, 0) is 0 Å². The Bertz CT molecular complexity index is 933. The normalized spacial score (nSPS) is 20.9. The Kier molecular flexibility index (Phi) is 9.18. The third-order valence-electron chi connectivity index (χ3n) is 6.57. The zero-order valence-corrected chi connectivity index (χ0v) is 23.6. The van der Waals surface area contributed by atoms with Crippen LogP contribution in [0.4, 0.5) is 4.79 Å². The molecule has 1 heterocycles. The first-order chi connectivity index (χ1) is 16.1. The zero-order valence-electron chi connectivity index (χ0n) is 20.9. The van der Waals surface area contributed by atoms with Crippen LogP contribution in [0.3, 0.4) is 0 Å². The molecule has 1 saturated heterocycles. The third-order valence-corrected chi connectivity index (χ3v) is 13.3. The molecule has 0 bridgehead atoms. The summed E-state index contributed by atoms with van der Waals surface area (Å²) in [4.78, 5) is 15.1. The van der Waals surface area contributed by atoms with E-state index in [-0.39, 0.29) is 51.1 Å². The summed E-state index contributed by atoms with van der Waals surface area (Å²) in [6, 6.07) is 19.8. The molecule has 3 atom stereocenters. The van der Waals surface area contributed by atoms with E-state index in [4.69, 9.17) is 13.9 Å². The summed E-state index contributed by atoms with van der Waals surface area (Å²) < 4.78 is 19.9. The van der Waals surface area contributed by atoms with Gasteiger partial charge in [-0.25, -0.2) is 0 Å². The number of rotatable bonds is 9. The molecule has 3 rings (SSSR count). The van der Waals surface area contributed by atoms with Crippen LogP contribution in [-0.2, 0) is 20.5 Å². The molecule has 0 N–H and O–H groups in total. The van der Waals surface area contributed by atoms with Gasteiger partial charge in [0, 0.05) is 0 Å². The fourth-order valence-corrected chi connectivity index (χ4v) is 6.42. The van der Waals surface area contributed by atoms with E-state index in [0.29, 0.717) is 6.61 Å². The van der Waals surface area contributed by atoms with E-state index in [9.17, 15) is 4.79 Å². The molecule has 184 valence electrons. The Balaban J connectivity index is 1.77. The van der Waals surface area contributed by atoms with Crippen molar-refractivity contribution in [1.29, 1.82) is 0 Å². The number of nitrogens with zero attached hydrogens (tertiary/aromatic N) is 1. The molecule has 0 aliphatic carbocycles. The number of carbonyl (C=O) groups is 1. The van der Waals surface area contributed by atoms with Gasteiger partial charge in [0.2, 0.25) is 0 Å². The minimum absolute atomic E-state index is 0.0740. The number of ether oxygens (including phenoxy) is 2. The fourth-order valence-electron chi connectivity index (χ4n) is 3.46. The molecule has 2 unspecified atom stereocenters. The van der Waals surface area contributed by atoms with Gasteiger partial charge in [-0.2, -0.15) is 0 Å². The molecule has 2 aromatic carbocycles. The second-order valence-corrected chi connectivity index (χ2v) is 17.1. The Morgan fingerprint density at radius 1 is 1.12 bits per heavy atom. The summed E-state index contributed by atoms with van der Waals surface area (Å²) in [7, 11) is -2.01. The molecule has 1 aliphatic heterocycles. The van der Waals surface area contributed by atoms with Gasteiger partial charge < -0.3 is 0 Å². The van der Waals surface area contributed by atoms with Gasteiger partial charge in [0.1, 0.15) is 0 Å². The van der Waals surface area contributed by atoms with Gasteiger partial charge in [0.05, 0.1) is 0 Å². The first kappa shape index (κ1) is 26.7. The summed E-state index contributed by atoms with van der Waals surface area (Å²) in [5.74, 6) is 0. The molecule has 34 heavy (non-hydrogen) atoms. The van der Waals surface area contributed by atoms with Gasteiger partial charge in [-0.15, -0.1) is 0 Å². The summed E-state index contributed by atoms with van der Waals surface area (Å²) in [5.41, 5.74) is 0.954. The number of amides is 1. The molecular formula is C27H37NO4SeSi. The van der Waals surface area contributed by atoms with Crippen molar-refractivity contribution < 1.29 is 18.7 Å². The van der Waals surface area contributed by atoms with Gasteiger partial charge in [0.15, 0.2) is 0 Å². The van der Waals surface area contributed by atoms with E-state index < -0.39 is 8.32 Å². The summed E-state index contributed by atoms with van der Waals surface area (Å²) in [5, 5.41) is 0.809. The van der Waals surface area contributed by atoms with Crippen LogP contribution >= 0.6 is 0 Å². The summed E-state index contributed by atoms with van der Waals surface area (Å²) in [6.07, 6.45) is 0.739. The molecule has 0 radical (unpaired) electrons. The fraction of sp³-hybridized carbons (Fsp3) is 0.444. The van der Waals surface area contributed by atoms with Crippen LogP contribution in [0.1, 0.15) is 26.3 Å². The van der Waals surface area contributed by atoms with Crippen molar-refractivity contribution in [2.45, 2.75) is 69.2 Å². The van der Waals surface area contributed by atoms with Crippen LogP contribution in [0.5, 0.6) is 0 Å². The van der Waals surface area contributed by atoms with E-state index in [1.54, 1.807) is 11.0 Å². The minimum atomic E-state index is -2.01. The van der Waals surface area contributed by atoms with Crippen LogP contribution in [-0.4, -0.2) is 59.2 Å². The molecular weight excluding hydrogens is 509 g/mol. The van der Waals surface area contributed by atoms with Gasteiger partial charge >= 0.3 is 212 Å². The molecule has 5 nitrogen and oxygen atoms in total. The monoisotopic (exact) mass is 547 g/mol. The molecule has 1 aliphatic rings. The summed E-state index contributed by atoms with van der Waals surface area (Å²) >= 11 is 0.158. The standard InChI is InChI=1S/C27H37NO4SeSi/c1-7-24-23(19-31-34(5,6)27(2,3)4)28(26(29)30-18-21-14-10-8-11-15-21)25(32-24)20-33-22-16-12-9-13-17-22/h7-17,23-25H,1,18-20H2,2-6H3/t23-,24?,25?/m0/s1.